The van der Waals surface area contributed by atoms with E-state index in [2.05, 4.69) is 4.99 Å². The van der Waals surface area contributed by atoms with Gasteiger partial charge in [0, 0.05) is 0 Å². The van der Waals surface area contributed by atoms with Crippen molar-refractivity contribution in [2.24, 2.45) is 4.99 Å². The summed E-state index contributed by atoms with van der Waals surface area (Å²) in [7, 11) is 1.56. The molecule has 78 valence electrons. The van der Waals surface area contributed by atoms with Crippen molar-refractivity contribution in [1.82, 2.24) is 0 Å². The first-order valence-corrected chi connectivity index (χ1v) is 5.03. The van der Waals surface area contributed by atoms with Gasteiger partial charge in [0.2, 0.25) is 6.08 Å². The van der Waals surface area contributed by atoms with Crippen molar-refractivity contribution < 1.29 is 9.53 Å². The van der Waals surface area contributed by atoms with Gasteiger partial charge in [0.25, 0.3) is 0 Å². The number of halogens is 1. The molecule has 1 aliphatic carbocycles. The topological polar surface area (TPSA) is 38.7 Å². The van der Waals surface area contributed by atoms with Crippen LogP contribution in [0.5, 0.6) is 5.75 Å². The van der Waals surface area contributed by atoms with Crippen LogP contribution in [0, 0.1) is 0 Å². The minimum atomic E-state index is -0.361. The van der Waals surface area contributed by atoms with Crippen LogP contribution >= 0.6 is 11.6 Å². The van der Waals surface area contributed by atoms with Gasteiger partial charge in [-0.15, -0.1) is 0 Å². The van der Waals surface area contributed by atoms with Gasteiger partial charge >= 0.3 is 0 Å². The molecule has 0 aliphatic heterocycles. The Bertz CT molecular complexity index is 434. The van der Waals surface area contributed by atoms with Crippen LogP contribution in [0.15, 0.2) is 23.2 Å². The largest absolute Gasteiger partial charge is 0.495 e. The number of ether oxygens (including phenoxy) is 1. The first kappa shape index (κ1) is 10.2. The molecule has 1 aliphatic rings. The number of hydrogen-bond acceptors (Lipinski definition) is 3. The second-order valence-corrected chi connectivity index (χ2v) is 3.99. The fourth-order valence-electron chi connectivity index (χ4n) is 1.62. The molecule has 0 bridgehead atoms. The molecular formula is C11H10ClNO2. The maximum Gasteiger partial charge on any atom is 0.235 e. The average molecular weight is 224 g/mol. The van der Waals surface area contributed by atoms with Gasteiger partial charge in [-0.25, -0.2) is 4.79 Å². The SMILES string of the molecule is COc1cc(C2(N=C=O)CC2)ccc1Cl. The minimum Gasteiger partial charge on any atom is -0.495 e. The molecule has 0 spiro atoms. The Kier molecular flexibility index (Phi) is 2.51. The Balaban J connectivity index is 2.41. The van der Waals surface area contributed by atoms with Crippen LogP contribution in [0.25, 0.3) is 0 Å². The van der Waals surface area contributed by atoms with Crippen molar-refractivity contribution in [2.75, 3.05) is 7.11 Å². The van der Waals surface area contributed by atoms with Crippen LogP contribution in [0.2, 0.25) is 5.02 Å². The van der Waals surface area contributed by atoms with Crippen LogP contribution in [-0.2, 0) is 10.3 Å². The maximum atomic E-state index is 10.3. The Morgan fingerprint density at radius 3 is 2.80 bits per heavy atom. The van der Waals surface area contributed by atoms with E-state index in [1.165, 1.54) is 0 Å². The first-order valence-electron chi connectivity index (χ1n) is 4.65. The zero-order valence-electron chi connectivity index (χ0n) is 8.29. The van der Waals surface area contributed by atoms with Crippen molar-refractivity contribution in [1.29, 1.82) is 0 Å². The Morgan fingerprint density at radius 2 is 2.27 bits per heavy atom. The summed E-state index contributed by atoms with van der Waals surface area (Å²) in [6, 6.07) is 5.46. The number of carbonyl (C=O) groups excluding carboxylic acids is 1. The van der Waals surface area contributed by atoms with Gasteiger partial charge in [-0.3, -0.25) is 0 Å². The lowest BCUT2D eigenvalue weighted by molar-refractivity contribution is 0.414. The van der Waals surface area contributed by atoms with E-state index in [1.54, 1.807) is 19.3 Å². The fourth-order valence-corrected chi connectivity index (χ4v) is 1.81. The van der Waals surface area contributed by atoms with Crippen LogP contribution in [-0.4, -0.2) is 13.2 Å². The average Bonchev–Trinajstić information content (AvgIpc) is 3.00. The smallest absolute Gasteiger partial charge is 0.235 e. The van der Waals surface area contributed by atoms with Crippen LogP contribution in [0.4, 0.5) is 0 Å². The quantitative estimate of drug-likeness (QED) is 0.584. The molecule has 3 nitrogen and oxygen atoms in total. The molecule has 1 saturated carbocycles. The predicted octanol–water partition coefficient (Wildman–Crippen LogP) is 2.67. The molecule has 0 heterocycles. The third-order valence-corrected chi connectivity index (χ3v) is 2.98. The van der Waals surface area contributed by atoms with Crippen molar-refractivity contribution >= 4 is 17.7 Å². The van der Waals surface area contributed by atoms with Gasteiger partial charge in [-0.1, -0.05) is 17.7 Å². The molecule has 0 aromatic heterocycles. The highest BCUT2D eigenvalue weighted by atomic mass is 35.5. The summed E-state index contributed by atoms with van der Waals surface area (Å²) in [6.45, 7) is 0. The number of aliphatic imine (C=N–C) groups is 1. The highest BCUT2D eigenvalue weighted by Crippen LogP contribution is 2.50. The van der Waals surface area contributed by atoms with Gasteiger partial charge in [-0.2, -0.15) is 4.99 Å². The van der Waals surface area contributed by atoms with E-state index in [1.807, 2.05) is 12.1 Å². The van der Waals surface area contributed by atoms with Crippen molar-refractivity contribution in [2.45, 2.75) is 18.4 Å². The molecule has 0 radical (unpaired) electrons. The molecule has 0 amide bonds. The van der Waals surface area contributed by atoms with E-state index in [0.717, 1.165) is 18.4 Å². The Morgan fingerprint density at radius 1 is 1.53 bits per heavy atom. The highest BCUT2D eigenvalue weighted by molar-refractivity contribution is 6.32. The normalized spacial score (nSPS) is 16.7. The minimum absolute atomic E-state index is 0.361. The van der Waals surface area contributed by atoms with Crippen molar-refractivity contribution in [3.05, 3.63) is 28.8 Å². The second kappa shape index (κ2) is 3.69. The summed E-state index contributed by atoms with van der Waals surface area (Å²) >= 11 is 5.91. The zero-order chi connectivity index (χ0) is 10.9. The summed E-state index contributed by atoms with van der Waals surface area (Å²) in [5.74, 6) is 0.613. The number of hydrogen-bond donors (Lipinski definition) is 0. The lowest BCUT2D eigenvalue weighted by Crippen LogP contribution is -2.02. The molecule has 0 N–H and O–H groups in total. The summed E-state index contributed by atoms with van der Waals surface area (Å²) in [6.07, 6.45) is 3.39. The third kappa shape index (κ3) is 1.76. The molecule has 4 heteroatoms. The van der Waals surface area contributed by atoms with Crippen LogP contribution < -0.4 is 4.74 Å². The summed E-state index contributed by atoms with van der Waals surface area (Å²) in [4.78, 5) is 14.1. The Hall–Kier alpha value is -1.31. The first-order chi connectivity index (χ1) is 7.22. The predicted molar refractivity (Wildman–Crippen MR) is 57.0 cm³/mol. The molecule has 1 fully saturated rings. The number of benzene rings is 1. The molecule has 1 aromatic carbocycles. The molecule has 2 rings (SSSR count). The van der Waals surface area contributed by atoms with E-state index < -0.39 is 0 Å². The summed E-state index contributed by atoms with van der Waals surface area (Å²) < 4.78 is 5.11. The van der Waals surface area contributed by atoms with Crippen molar-refractivity contribution in [3.63, 3.8) is 0 Å². The second-order valence-electron chi connectivity index (χ2n) is 3.58. The van der Waals surface area contributed by atoms with Gasteiger partial charge in [0.1, 0.15) is 5.75 Å². The van der Waals surface area contributed by atoms with E-state index in [-0.39, 0.29) is 5.54 Å². The summed E-state index contributed by atoms with van der Waals surface area (Å²) in [5.41, 5.74) is 0.603. The number of nitrogens with zero attached hydrogens (tertiary/aromatic N) is 1. The van der Waals surface area contributed by atoms with Crippen LogP contribution in [0.1, 0.15) is 18.4 Å². The van der Waals surface area contributed by atoms with Gasteiger partial charge in [-0.05, 0) is 30.5 Å². The van der Waals surface area contributed by atoms with Gasteiger partial charge < -0.3 is 4.74 Å². The van der Waals surface area contributed by atoms with Gasteiger partial charge in [0.15, 0.2) is 0 Å². The number of isocyanates is 1. The zero-order valence-corrected chi connectivity index (χ0v) is 9.04. The third-order valence-electron chi connectivity index (χ3n) is 2.67. The molecule has 0 atom stereocenters. The summed E-state index contributed by atoms with van der Waals surface area (Å²) in [5, 5.41) is 0.562. The van der Waals surface area contributed by atoms with Crippen LogP contribution in [0.3, 0.4) is 0 Å². The standard InChI is InChI=1S/C11H10ClNO2/c1-15-10-6-8(2-3-9(10)12)11(4-5-11)13-7-14/h2-3,6H,4-5H2,1H3. The van der Waals surface area contributed by atoms with E-state index in [4.69, 9.17) is 16.3 Å². The van der Waals surface area contributed by atoms with Crippen molar-refractivity contribution in [3.8, 4) is 5.75 Å². The molecular weight excluding hydrogens is 214 g/mol. The van der Waals surface area contributed by atoms with Gasteiger partial charge in [0.05, 0.1) is 17.7 Å². The van der Waals surface area contributed by atoms with E-state index >= 15 is 0 Å². The molecule has 1 aromatic rings. The number of rotatable bonds is 3. The number of methoxy groups -OCH3 is 1. The fraction of sp³-hybridized carbons (Fsp3) is 0.364. The lowest BCUT2D eigenvalue weighted by atomic mass is 10.1. The van der Waals surface area contributed by atoms with E-state index in [9.17, 15) is 4.79 Å². The van der Waals surface area contributed by atoms with E-state index in [0.29, 0.717) is 10.8 Å². The lowest BCUT2D eigenvalue weighted by Gasteiger charge is -2.10. The Labute approximate surface area is 92.7 Å². The molecule has 15 heavy (non-hydrogen) atoms. The maximum absolute atomic E-state index is 10.3. The molecule has 0 unspecified atom stereocenters. The monoisotopic (exact) mass is 223 g/mol. The molecule has 0 saturated heterocycles. The highest BCUT2D eigenvalue weighted by Gasteiger charge is 2.45.